The summed E-state index contributed by atoms with van der Waals surface area (Å²) >= 11 is 0. The average molecular weight is 437 g/mol. The highest BCUT2D eigenvalue weighted by Crippen LogP contribution is 2.29. The van der Waals surface area contributed by atoms with Crippen molar-refractivity contribution >= 4 is 17.5 Å². The van der Waals surface area contributed by atoms with E-state index in [-0.39, 0.29) is 17.5 Å². The van der Waals surface area contributed by atoms with Gasteiger partial charge in [-0.3, -0.25) is 24.5 Å². The van der Waals surface area contributed by atoms with Gasteiger partial charge < -0.3 is 5.32 Å². The molecule has 33 heavy (non-hydrogen) atoms. The summed E-state index contributed by atoms with van der Waals surface area (Å²) in [5, 5.41) is 3.01. The molecular formula is C27H24N4O2. The highest BCUT2D eigenvalue weighted by Gasteiger charge is 2.33. The Morgan fingerprint density at radius 1 is 0.788 bits per heavy atom. The molecule has 2 aromatic heterocycles. The minimum absolute atomic E-state index is 0.262. The van der Waals surface area contributed by atoms with Gasteiger partial charge in [-0.15, -0.1) is 0 Å². The van der Waals surface area contributed by atoms with Crippen LogP contribution in [-0.4, -0.2) is 28.3 Å². The minimum Gasteiger partial charge on any atom is -0.354 e. The third kappa shape index (κ3) is 5.49. The van der Waals surface area contributed by atoms with E-state index in [1.807, 2.05) is 60.7 Å². The number of benzene rings is 2. The van der Waals surface area contributed by atoms with E-state index in [2.05, 4.69) is 15.3 Å². The first-order chi connectivity index (χ1) is 16.2. The van der Waals surface area contributed by atoms with Crippen molar-refractivity contribution in [1.82, 2.24) is 15.3 Å². The smallest absolute Gasteiger partial charge is 0.277 e. The topological polar surface area (TPSA) is 75.2 Å². The molecule has 4 rings (SSSR count). The van der Waals surface area contributed by atoms with E-state index in [4.69, 9.17) is 0 Å². The number of para-hydroxylation sites is 1. The molecule has 2 amide bonds. The van der Waals surface area contributed by atoms with E-state index in [9.17, 15) is 9.59 Å². The number of aromatic nitrogens is 2. The molecule has 0 aliphatic carbocycles. The molecule has 4 aromatic rings. The van der Waals surface area contributed by atoms with Crippen LogP contribution in [0.2, 0.25) is 0 Å². The number of amides is 2. The summed E-state index contributed by atoms with van der Waals surface area (Å²) in [6.45, 7) is 0.449. The maximum atomic E-state index is 13.6. The second kappa shape index (κ2) is 10.8. The van der Waals surface area contributed by atoms with Crippen molar-refractivity contribution in [2.75, 3.05) is 11.4 Å². The van der Waals surface area contributed by atoms with Crippen molar-refractivity contribution in [3.05, 3.63) is 126 Å². The quantitative estimate of drug-likeness (QED) is 0.449. The minimum atomic E-state index is -0.888. The first-order valence-electron chi connectivity index (χ1n) is 10.8. The molecule has 6 heteroatoms. The number of pyridine rings is 2. The Balaban J connectivity index is 1.68. The molecule has 0 unspecified atom stereocenters. The molecule has 0 saturated carbocycles. The molecular weight excluding hydrogens is 412 g/mol. The number of hydrogen-bond acceptors (Lipinski definition) is 4. The lowest BCUT2D eigenvalue weighted by Gasteiger charge is -2.31. The summed E-state index contributed by atoms with van der Waals surface area (Å²) in [6, 6.07) is 26.9. The maximum absolute atomic E-state index is 13.6. The summed E-state index contributed by atoms with van der Waals surface area (Å²) < 4.78 is 0. The fourth-order valence-corrected chi connectivity index (χ4v) is 3.62. The normalized spacial score (nSPS) is 11.4. The van der Waals surface area contributed by atoms with Crippen molar-refractivity contribution in [3.8, 4) is 0 Å². The Morgan fingerprint density at radius 3 is 2.12 bits per heavy atom. The average Bonchev–Trinajstić information content (AvgIpc) is 2.89. The number of hydrogen-bond donors (Lipinski definition) is 1. The highest BCUT2D eigenvalue weighted by molar-refractivity contribution is 6.09. The van der Waals surface area contributed by atoms with Gasteiger partial charge in [0, 0.05) is 30.8 Å². The van der Waals surface area contributed by atoms with Crippen LogP contribution in [0.1, 0.15) is 27.7 Å². The summed E-state index contributed by atoms with van der Waals surface area (Å²) in [5.74, 6) is -0.632. The van der Waals surface area contributed by atoms with Crippen LogP contribution < -0.4 is 10.2 Å². The molecule has 6 nitrogen and oxygen atoms in total. The van der Waals surface area contributed by atoms with Crippen molar-refractivity contribution < 1.29 is 9.59 Å². The molecule has 0 radical (unpaired) electrons. The molecule has 0 spiro atoms. The van der Waals surface area contributed by atoms with Gasteiger partial charge in [0.2, 0.25) is 5.91 Å². The van der Waals surface area contributed by atoms with Gasteiger partial charge in [0.1, 0.15) is 11.7 Å². The second-order valence-electron chi connectivity index (χ2n) is 7.44. The van der Waals surface area contributed by atoms with E-state index in [1.54, 1.807) is 48.9 Å². The summed E-state index contributed by atoms with van der Waals surface area (Å²) in [6.07, 6.45) is 5.49. The van der Waals surface area contributed by atoms with Crippen LogP contribution in [0.3, 0.4) is 0 Å². The molecule has 0 aliphatic heterocycles. The van der Waals surface area contributed by atoms with Crippen LogP contribution in [0, 0.1) is 0 Å². The van der Waals surface area contributed by atoms with Crippen molar-refractivity contribution in [3.63, 3.8) is 0 Å². The molecule has 2 aromatic carbocycles. The van der Waals surface area contributed by atoms with Crippen LogP contribution in [0.15, 0.2) is 110 Å². The van der Waals surface area contributed by atoms with Crippen LogP contribution in [0.5, 0.6) is 0 Å². The van der Waals surface area contributed by atoms with Crippen LogP contribution in [0.25, 0.3) is 0 Å². The number of rotatable bonds is 8. The highest BCUT2D eigenvalue weighted by atomic mass is 16.2. The van der Waals surface area contributed by atoms with Crippen molar-refractivity contribution in [2.45, 2.75) is 12.5 Å². The van der Waals surface area contributed by atoms with Gasteiger partial charge in [-0.05, 0) is 53.9 Å². The van der Waals surface area contributed by atoms with Gasteiger partial charge in [-0.2, -0.15) is 0 Å². The fraction of sp³-hybridized carbons (Fsp3) is 0.111. The maximum Gasteiger partial charge on any atom is 0.277 e. The van der Waals surface area contributed by atoms with Crippen LogP contribution in [0.4, 0.5) is 5.69 Å². The van der Waals surface area contributed by atoms with Gasteiger partial charge in [0.15, 0.2) is 0 Å². The molecule has 0 fully saturated rings. The molecule has 0 bridgehead atoms. The van der Waals surface area contributed by atoms with E-state index < -0.39 is 6.04 Å². The second-order valence-corrected chi connectivity index (χ2v) is 7.44. The summed E-state index contributed by atoms with van der Waals surface area (Å²) in [4.78, 5) is 37.0. The number of anilines is 1. The number of carbonyl (C=O) groups excluding carboxylic acids is 2. The summed E-state index contributed by atoms with van der Waals surface area (Å²) in [7, 11) is 0. The summed E-state index contributed by atoms with van der Waals surface area (Å²) in [5.41, 5.74) is 2.66. The molecule has 2 heterocycles. The molecule has 164 valence electrons. The van der Waals surface area contributed by atoms with Crippen molar-refractivity contribution in [1.29, 1.82) is 0 Å². The Kier molecular flexibility index (Phi) is 7.18. The zero-order chi connectivity index (χ0) is 22.9. The number of carbonyl (C=O) groups is 2. The van der Waals surface area contributed by atoms with Gasteiger partial charge in [-0.1, -0.05) is 54.6 Å². The van der Waals surface area contributed by atoms with Gasteiger partial charge in [-0.25, -0.2) is 0 Å². The van der Waals surface area contributed by atoms with E-state index >= 15 is 0 Å². The third-order valence-electron chi connectivity index (χ3n) is 5.22. The molecule has 1 N–H and O–H groups in total. The third-order valence-corrected chi connectivity index (χ3v) is 5.22. The first kappa shape index (κ1) is 21.9. The van der Waals surface area contributed by atoms with E-state index in [0.717, 1.165) is 5.56 Å². The lowest BCUT2D eigenvalue weighted by Crippen LogP contribution is -2.44. The monoisotopic (exact) mass is 436 g/mol. The standard InChI is InChI=1S/C27H24N4O2/c32-26(30-20-14-21-9-3-1-4-10-21)25(22-15-18-28-19-16-22)31(23-11-5-2-6-12-23)27(33)24-13-7-8-17-29-24/h1-13,15-19,25H,14,20H2,(H,30,32)/t25-/m1/s1. The van der Waals surface area contributed by atoms with Crippen LogP contribution >= 0.6 is 0 Å². The van der Waals surface area contributed by atoms with Gasteiger partial charge in [0.05, 0.1) is 0 Å². The molecule has 0 aliphatic rings. The Hall–Kier alpha value is -4.32. The Morgan fingerprint density at radius 2 is 1.45 bits per heavy atom. The van der Waals surface area contributed by atoms with Crippen LogP contribution in [-0.2, 0) is 11.2 Å². The molecule has 0 saturated heterocycles. The zero-order valence-corrected chi connectivity index (χ0v) is 18.0. The first-order valence-corrected chi connectivity index (χ1v) is 10.8. The van der Waals surface area contributed by atoms with Gasteiger partial charge in [0.25, 0.3) is 5.91 Å². The fourth-order valence-electron chi connectivity index (χ4n) is 3.62. The predicted octanol–water partition coefficient (Wildman–Crippen LogP) is 4.22. The lowest BCUT2D eigenvalue weighted by molar-refractivity contribution is -0.122. The lowest BCUT2D eigenvalue weighted by atomic mass is 10.0. The van der Waals surface area contributed by atoms with E-state index in [0.29, 0.717) is 24.2 Å². The number of nitrogens with one attached hydrogen (secondary N) is 1. The SMILES string of the molecule is O=C(NCCc1ccccc1)[C@@H](c1ccncc1)N(C(=O)c1ccccn1)c1ccccc1. The van der Waals surface area contributed by atoms with Gasteiger partial charge >= 0.3 is 0 Å². The Labute approximate surface area is 192 Å². The predicted molar refractivity (Wildman–Crippen MR) is 128 cm³/mol. The zero-order valence-electron chi connectivity index (χ0n) is 18.0. The van der Waals surface area contributed by atoms with E-state index in [1.165, 1.54) is 4.90 Å². The van der Waals surface area contributed by atoms with Crippen molar-refractivity contribution in [2.24, 2.45) is 0 Å². The molecule has 1 atom stereocenters. The number of nitrogens with zero attached hydrogens (tertiary/aromatic N) is 3. The Bertz CT molecular complexity index is 1170. The largest absolute Gasteiger partial charge is 0.354 e.